The Morgan fingerprint density at radius 1 is 1.05 bits per heavy atom. The van der Waals surface area contributed by atoms with E-state index in [4.69, 9.17) is 14.6 Å². The second-order valence-electron chi connectivity index (χ2n) is 9.72. The summed E-state index contributed by atoms with van der Waals surface area (Å²) in [6.45, 7) is 5.92. The predicted molar refractivity (Wildman–Crippen MR) is 140 cm³/mol. The van der Waals surface area contributed by atoms with Crippen molar-refractivity contribution in [3.05, 3.63) is 58.6 Å². The second kappa shape index (κ2) is 10.0. The largest absolute Gasteiger partial charge is 0.494 e. The molecule has 2 aliphatic rings. The number of H-pyrrole nitrogens is 1. The molecule has 0 saturated carbocycles. The van der Waals surface area contributed by atoms with Crippen LogP contribution < -0.4 is 10.4 Å². The SMILES string of the molecule is COc1cccc2c(C(=O)N3CCC(n4c(=O)[nH]c5ccccc54)CC3)nn(CCN3CCOCC3)c12. The van der Waals surface area contributed by atoms with Crippen LogP contribution in [-0.2, 0) is 11.3 Å². The van der Waals surface area contributed by atoms with Crippen molar-refractivity contribution in [1.29, 1.82) is 0 Å². The summed E-state index contributed by atoms with van der Waals surface area (Å²) in [7, 11) is 1.65. The summed E-state index contributed by atoms with van der Waals surface area (Å²) in [4.78, 5) is 33.5. The molecule has 2 aromatic heterocycles. The molecule has 194 valence electrons. The summed E-state index contributed by atoms with van der Waals surface area (Å²) >= 11 is 0. The smallest absolute Gasteiger partial charge is 0.326 e. The lowest BCUT2D eigenvalue weighted by molar-refractivity contribution is 0.0361. The van der Waals surface area contributed by atoms with Crippen LogP contribution in [-0.4, -0.2) is 88.1 Å². The number of aromatic amines is 1. The van der Waals surface area contributed by atoms with Crippen molar-refractivity contribution in [2.75, 3.05) is 53.0 Å². The number of benzene rings is 2. The number of nitrogens with one attached hydrogen (secondary N) is 1. The van der Waals surface area contributed by atoms with Gasteiger partial charge in [0.25, 0.3) is 5.91 Å². The number of hydrogen-bond donors (Lipinski definition) is 1. The van der Waals surface area contributed by atoms with E-state index in [0.29, 0.717) is 43.9 Å². The zero-order valence-corrected chi connectivity index (χ0v) is 21.1. The minimum Gasteiger partial charge on any atom is -0.494 e. The van der Waals surface area contributed by atoms with Gasteiger partial charge in [0, 0.05) is 44.2 Å². The zero-order valence-electron chi connectivity index (χ0n) is 21.1. The van der Waals surface area contributed by atoms with E-state index >= 15 is 0 Å². The fourth-order valence-electron chi connectivity index (χ4n) is 5.66. The van der Waals surface area contributed by atoms with Gasteiger partial charge in [-0.15, -0.1) is 0 Å². The molecule has 2 fully saturated rings. The van der Waals surface area contributed by atoms with E-state index < -0.39 is 0 Å². The van der Waals surface area contributed by atoms with Gasteiger partial charge in [0.05, 0.1) is 37.9 Å². The maximum atomic E-state index is 13.7. The summed E-state index contributed by atoms with van der Waals surface area (Å²) in [5.74, 6) is 0.636. The molecule has 0 aliphatic carbocycles. The fraction of sp³-hybridized carbons (Fsp3) is 0.444. The third-order valence-electron chi connectivity index (χ3n) is 7.63. The normalized spacial score (nSPS) is 17.6. The molecular formula is C27H32N6O4. The summed E-state index contributed by atoms with van der Waals surface area (Å²) in [6.07, 6.45) is 1.43. The number of para-hydroxylation sites is 3. The van der Waals surface area contributed by atoms with Gasteiger partial charge in [-0.25, -0.2) is 4.79 Å². The van der Waals surface area contributed by atoms with Crippen LogP contribution in [0, 0.1) is 0 Å². The van der Waals surface area contributed by atoms with Crippen LogP contribution >= 0.6 is 0 Å². The van der Waals surface area contributed by atoms with Gasteiger partial charge >= 0.3 is 5.69 Å². The minimum absolute atomic E-state index is 0.0515. The Labute approximate surface area is 214 Å². The molecule has 0 atom stereocenters. The number of ether oxygens (including phenoxy) is 2. The minimum atomic E-state index is -0.0944. The number of carbonyl (C=O) groups excluding carboxylic acids is 1. The Kier molecular flexibility index (Phi) is 6.43. The van der Waals surface area contributed by atoms with Crippen molar-refractivity contribution < 1.29 is 14.3 Å². The van der Waals surface area contributed by atoms with Crippen molar-refractivity contribution in [2.45, 2.75) is 25.4 Å². The number of piperidine rings is 1. The fourth-order valence-corrected chi connectivity index (χ4v) is 5.66. The highest BCUT2D eigenvalue weighted by atomic mass is 16.5. The molecule has 0 unspecified atom stereocenters. The zero-order chi connectivity index (χ0) is 25.4. The van der Waals surface area contributed by atoms with E-state index in [-0.39, 0.29) is 17.6 Å². The maximum Gasteiger partial charge on any atom is 0.326 e. The van der Waals surface area contributed by atoms with Crippen molar-refractivity contribution in [2.24, 2.45) is 0 Å². The van der Waals surface area contributed by atoms with Gasteiger partial charge in [-0.2, -0.15) is 5.10 Å². The van der Waals surface area contributed by atoms with Gasteiger partial charge in [-0.1, -0.05) is 24.3 Å². The topological polar surface area (TPSA) is 97.6 Å². The Bertz CT molecular complexity index is 1470. The van der Waals surface area contributed by atoms with Gasteiger partial charge in [0.1, 0.15) is 11.3 Å². The summed E-state index contributed by atoms with van der Waals surface area (Å²) in [6, 6.07) is 13.6. The molecule has 0 bridgehead atoms. The van der Waals surface area contributed by atoms with E-state index in [0.717, 1.165) is 54.8 Å². The van der Waals surface area contributed by atoms with Gasteiger partial charge in [0.15, 0.2) is 5.69 Å². The highest BCUT2D eigenvalue weighted by Crippen LogP contribution is 2.31. The lowest BCUT2D eigenvalue weighted by Crippen LogP contribution is -2.40. The Hall–Kier alpha value is -3.63. The summed E-state index contributed by atoms with van der Waals surface area (Å²) in [5, 5.41) is 5.62. The first kappa shape index (κ1) is 23.7. The van der Waals surface area contributed by atoms with Gasteiger partial charge in [0.2, 0.25) is 0 Å². The highest BCUT2D eigenvalue weighted by Gasteiger charge is 2.30. The summed E-state index contributed by atoms with van der Waals surface area (Å²) in [5.41, 5.74) is 2.96. The van der Waals surface area contributed by atoms with Crippen LogP contribution in [0.25, 0.3) is 21.9 Å². The third kappa shape index (κ3) is 4.40. The number of hydrogen-bond acceptors (Lipinski definition) is 6. The molecule has 4 heterocycles. The first-order chi connectivity index (χ1) is 18.1. The average molecular weight is 505 g/mol. The second-order valence-corrected chi connectivity index (χ2v) is 9.72. The molecule has 2 aromatic carbocycles. The number of aromatic nitrogens is 4. The molecule has 6 rings (SSSR count). The van der Waals surface area contributed by atoms with Gasteiger partial charge in [-0.3, -0.25) is 18.9 Å². The van der Waals surface area contributed by atoms with Crippen molar-refractivity contribution in [3.8, 4) is 5.75 Å². The predicted octanol–water partition coefficient (Wildman–Crippen LogP) is 2.50. The van der Waals surface area contributed by atoms with E-state index in [1.54, 1.807) is 7.11 Å². The maximum absolute atomic E-state index is 13.7. The Morgan fingerprint density at radius 2 is 1.84 bits per heavy atom. The third-order valence-corrected chi connectivity index (χ3v) is 7.63. The van der Waals surface area contributed by atoms with E-state index in [1.807, 2.05) is 56.6 Å². The van der Waals surface area contributed by atoms with Crippen molar-refractivity contribution >= 4 is 27.8 Å². The van der Waals surface area contributed by atoms with Crippen LogP contribution in [0.2, 0.25) is 0 Å². The molecule has 0 radical (unpaired) electrons. The Balaban J connectivity index is 1.23. The molecule has 0 spiro atoms. The lowest BCUT2D eigenvalue weighted by Gasteiger charge is -2.32. The number of amides is 1. The summed E-state index contributed by atoms with van der Waals surface area (Å²) < 4.78 is 14.9. The van der Waals surface area contributed by atoms with E-state index in [9.17, 15) is 9.59 Å². The van der Waals surface area contributed by atoms with Crippen LogP contribution in [0.1, 0.15) is 29.4 Å². The molecule has 2 aliphatic heterocycles. The van der Waals surface area contributed by atoms with Crippen LogP contribution in [0.3, 0.4) is 0 Å². The quantitative estimate of drug-likeness (QED) is 0.433. The monoisotopic (exact) mass is 504 g/mol. The number of carbonyl (C=O) groups is 1. The number of likely N-dealkylation sites (tertiary alicyclic amines) is 1. The first-order valence-corrected chi connectivity index (χ1v) is 13.0. The van der Waals surface area contributed by atoms with E-state index in [2.05, 4.69) is 9.88 Å². The lowest BCUT2D eigenvalue weighted by atomic mass is 10.0. The molecule has 1 amide bonds. The number of methoxy groups -OCH3 is 1. The standard InChI is InChI=1S/C27H32N6O4/c1-36-23-8-4-5-20-24(29-32(25(20)23)14-13-30-15-17-37-18-16-30)26(34)31-11-9-19(10-12-31)33-22-7-3-2-6-21(22)28-27(33)35/h2-8,19H,9-18H2,1H3,(H,28,35). The molecule has 4 aromatic rings. The van der Waals surface area contributed by atoms with Crippen LogP contribution in [0.4, 0.5) is 0 Å². The van der Waals surface area contributed by atoms with Gasteiger partial charge < -0.3 is 19.4 Å². The van der Waals surface area contributed by atoms with Crippen LogP contribution in [0.5, 0.6) is 5.75 Å². The molecule has 10 nitrogen and oxygen atoms in total. The first-order valence-electron chi connectivity index (χ1n) is 13.0. The average Bonchev–Trinajstić information content (AvgIpc) is 3.49. The molecule has 1 N–H and O–H groups in total. The number of morpholine rings is 1. The van der Waals surface area contributed by atoms with Crippen LogP contribution in [0.15, 0.2) is 47.3 Å². The van der Waals surface area contributed by atoms with Gasteiger partial charge in [-0.05, 0) is 31.0 Å². The molecular weight excluding hydrogens is 472 g/mol. The number of fused-ring (bicyclic) bond motifs is 2. The van der Waals surface area contributed by atoms with E-state index in [1.165, 1.54) is 0 Å². The number of nitrogens with zero attached hydrogens (tertiary/aromatic N) is 5. The van der Waals surface area contributed by atoms with Crippen molar-refractivity contribution in [1.82, 2.24) is 29.1 Å². The van der Waals surface area contributed by atoms with Crippen molar-refractivity contribution in [3.63, 3.8) is 0 Å². The molecule has 2 saturated heterocycles. The molecule has 10 heteroatoms. The molecule has 37 heavy (non-hydrogen) atoms. The highest BCUT2D eigenvalue weighted by molar-refractivity contribution is 6.06. The number of rotatable bonds is 6. The Morgan fingerprint density at radius 3 is 2.62 bits per heavy atom. The number of imidazole rings is 1.